The highest BCUT2D eigenvalue weighted by atomic mass is 15.2. The molecule has 1 aliphatic carbocycles. The fourth-order valence-corrected chi connectivity index (χ4v) is 3.16. The van der Waals surface area contributed by atoms with Crippen LogP contribution >= 0.6 is 0 Å². The molecule has 1 atom stereocenters. The zero-order valence-electron chi connectivity index (χ0n) is 9.26. The largest absolute Gasteiger partial charge is 0.315 e. The van der Waals surface area contributed by atoms with Gasteiger partial charge < -0.3 is 10.2 Å². The summed E-state index contributed by atoms with van der Waals surface area (Å²) in [5.74, 6) is 2.18. The predicted molar refractivity (Wildman–Crippen MR) is 58.2 cm³/mol. The number of likely N-dealkylation sites (tertiary alicyclic amines) is 1. The summed E-state index contributed by atoms with van der Waals surface area (Å²) >= 11 is 0. The molecule has 0 radical (unpaired) electrons. The number of nitrogens with zero attached hydrogens (tertiary/aromatic N) is 1. The van der Waals surface area contributed by atoms with Crippen molar-refractivity contribution in [1.82, 2.24) is 10.2 Å². The van der Waals surface area contributed by atoms with Gasteiger partial charge in [-0.15, -0.1) is 0 Å². The van der Waals surface area contributed by atoms with Crippen molar-refractivity contribution in [2.45, 2.75) is 26.2 Å². The van der Waals surface area contributed by atoms with Crippen LogP contribution in [0.25, 0.3) is 0 Å². The first-order valence-corrected chi connectivity index (χ1v) is 6.18. The maximum Gasteiger partial charge on any atom is 0.00598 e. The monoisotopic (exact) mass is 194 g/mol. The molecule has 1 saturated carbocycles. The molecule has 0 aromatic carbocycles. The summed E-state index contributed by atoms with van der Waals surface area (Å²) in [6.07, 6.45) is 4.53. The molecule has 3 fully saturated rings. The second-order valence-electron chi connectivity index (χ2n) is 6.04. The maximum atomic E-state index is 3.40. The molecule has 2 heterocycles. The van der Waals surface area contributed by atoms with E-state index in [9.17, 15) is 0 Å². The Bertz CT molecular complexity index is 218. The van der Waals surface area contributed by atoms with Crippen molar-refractivity contribution < 1.29 is 0 Å². The molecule has 3 aliphatic rings. The third-order valence-electron chi connectivity index (χ3n) is 4.31. The number of hydrogen-bond acceptors (Lipinski definition) is 2. The van der Waals surface area contributed by atoms with Gasteiger partial charge in [-0.05, 0) is 37.6 Å². The molecule has 0 spiro atoms. The van der Waals surface area contributed by atoms with Crippen LogP contribution in [0.15, 0.2) is 0 Å². The molecule has 80 valence electrons. The first-order chi connectivity index (χ1) is 6.75. The molecule has 2 saturated heterocycles. The molecular formula is C12H22N2. The van der Waals surface area contributed by atoms with Gasteiger partial charge >= 0.3 is 0 Å². The molecular weight excluding hydrogens is 172 g/mol. The molecule has 0 bridgehead atoms. The lowest BCUT2D eigenvalue weighted by Gasteiger charge is -2.42. The molecule has 2 aliphatic heterocycles. The van der Waals surface area contributed by atoms with Crippen LogP contribution in [-0.2, 0) is 0 Å². The lowest BCUT2D eigenvalue weighted by molar-refractivity contribution is 0.121. The maximum absolute atomic E-state index is 3.40. The standard InChI is InChI=1S/C12H22N2/c1-12(7-13-8-12)9-14-5-4-11(6-14)10-2-3-10/h10-11,13H,2-9H2,1H3. The van der Waals surface area contributed by atoms with E-state index in [1.54, 1.807) is 0 Å². The van der Waals surface area contributed by atoms with Crippen molar-refractivity contribution in [3.8, 4) is 0 Å². The average molecular weight is 194 g/mol. The Balaban J connectivity index is 1.50. The van der Waals surface area contributed by atoms with Crippen LogP contribution in [-0.4, -0.2) is 37.6 Å². The van der Waals surface area contributed by atoms with E-state index in [0.29, 0.717) is 5.41 Å². The topological polar surface area (TPSA) is 15.3 Å². The van der Waals surface area contributed by atoms with E-state index in [1.165, 1.54) is 52.0 Å². The Kier molecular flexibility index (Phi) is 2.10. The molecule has 3 rings (SSSR count). The molecule has 0 aromatic heterocycles. The highest BCUT2D eigenvalue weighted by Crippen LogP contribution is 2.41. The molecule has 2 nitrogen and oxygen atoms in total. The minimum atomic E-state index is 0.596. The van der Waals surface area contributed by atoms with E-state index in [4.69, 9.17) is 0 Å². The third kappa shape index (κ3) is 1.70. The Hall–Kier alpha value is -0.0800. The van der Waals surface area contributed by atoms with Crippen LogP contribution in [0.1, 0.15) is 26.2 Å². The van der Waals surface area contributed by atoms with Gasteiger partial charge in [-0.25, -0.2) is 0 Å². The molecule has 2 heteroatoms. The molecule has 0 aromatic rings. The Morgan fingerprint density at radius 2 is 2.00 bits per heavy atom. The second kappa shape index (κ2) is 3.21. The van der Waals surface area contributed by atoms with Gasteiger partial charge in [0.25, 0.3) is 0 Å². The fraction of sp³-hybridized carbons (Fsp3) is 1.00. The first-order valence-electron chi connectivity index (χ1n) is 6.18. The van der Waals surface area contributed by atoms with Gasteiger partial charge in [0.2, 0.25) is 0 Å². The van der Waals surface area contributed by atoms with Crippen LogP contribution in [0.4, 0.5) is 0 Å². The Morgan fingerprint density at radius 3 is 2.57 bits per heavy atom. The summed E-state index contributed by atoms with van der Waals surface area (Å²) in [4.78, 5) is 2.71. The van der Waals surface area contributed by atoms with Gasteiger partial charge in [0.05, 0.1) is 0 Å². The van der Waals surface area contributed by atoms with Crippen molar-refractivity contribution in [1.29, 1.82) is 0 Å². The van der Waals surface area contributed by atoms with Gasteiger partial charge in [-0.1, -0.05) is 6.92 Å². The van der Waals surface area contributed by atoms with E-state index >= 15 is 0 Å². The lowest BCUT2D eigenvalue weighted by atomic mass is 9.84. The fourth-order valence-electron chi connectivity index (χ4n) is 3.16. The molecule has 14 heavy (non-hydrogen) atoms. The zero-order chi connectivity index (χ0) is 9.60. The minimum absolute atomic E-state index is 0.596. The van der Waals surface area contributed by atoms with Crippen LogP contribution in [0, 0.1) is 17.3 Å². The van der Waals surface area contributed by atoms with E-state index in [0.717, 1.165) is 11.8 Å². The summed E-state index contributed by atoms with van der Waals surface area (Å²) in [7, 11) is 0. The van der Waals surface area contributed by atoms with Crippen molar-refractivity contribution in [3.63, 3.8) is 0 Å². The number of nitrogens with one attached hydrogen (secondary N) is 1. The second-order valence-corrected chi connectivity index (χ2v) is 6.04. The van der Waals surface area contributed by atoms with E-state index in [1.807, 2.05) is 0 Å². The minimum Gasteiger partial charge on any atom is -0.315 e. The van der Waals surface area contributed by atoms with Crippen LogP contribution in [0.2, 0.25) is 0 Å². The van der Waals surface area contributed by atoms with Crippen molar-refractivity contribution >= 4 is 0 Å². The molecule has 0 amide bonds. The quantitative estimate of drug-likeness (QED) is 0.729. The average Bonchev–Trinajstić information content (AvgIpc) is 2.86. The Labute approximate surface area is 87.0 Å². The number of hydrogen-bond donors (Lipinski definition) is 1. The van der Waals surface area contributed by atoms with Crippen molar-refractivity contribution in [2.75, 3.05) is 32.7 Å². The Morgan fingerprint density at radius 1 is 1.21 bits per heavy atom. The zero-order valence-corrected chi connectivity index (χ0v) is 9.26. The van der Waals surface area contributed by atoms with Gasteiger partial charge in [0.1, 0.15) is 0 Å². The summed E-state index contributed by atoms with van der Waals surface area (Å²) in [6, 6.07) is 0. The van der Waals surface area contributed by atoms with Crippen LogP contribution in [0.5, 0.6) is 0 Å². The third-order valence-corrected chi connectivity index (χ3v) is 4.31. The number of rotatable bonds is 3. The summed E-state index contributed by atoms with van der Waals surface area (Å²) in [5.41, 5.74) is 0.596. The van der Waals surface area contributed by atoms with E-state index in [2.05, 4.69) is 17.1 Å². The molecule has 1 N–H and O–H groups in total. The van der Waals surface area contributed by atoms with E-state index < -0.39 is 0 Å². The SMILES string of the molecule is CC1(CN2CCC(C3CC3)C2)CNC1. The lowest BCUT2D eigenvalue weighted by Crippen LogP contribution is -2.56. The summed E-state index contributed by atoms with van der Waals surface area (Å²) < 4.78 is 0. The van der Waals surface area contributed by atoms with Crippen molar-refractivity contribution in [2.24, 2.45) is 17.3 Å². The van der Waals surface area contributed by atoms with Crippen LogP contribution in [0.3, 0.4) is 0 Å². The highest BCUT2D eigenvalue weighted by molar-refractivity contribution is 4.94. The van der Waals surface area contributed by atoms with Gasteiger partial charge in [-0.2, -0.15) is 0 Å². The first kappa shape index (κ1) is 9.17. The normalized spacial score (nSPS) is 37.1. The van der Waals surface area contributed by atoms with E-state index in [-0.39, 0.29) is 0 Å². The van der Waals surface area contributed by atoms with Gasteiger partial charge in [-0.3, -0.25) is 0 Å². The van der Waals surface area contributed by atoms with Crippen molar-refractivity contribution in [3.05, 3.63) is 0 Å². The summed E-state index contributed by atoms with van der Waals surface area (Å²) in [6.45, 7) is 9.00. The highest BCUT2D eigenvalue weighted by Gasteiger charge is 2.39. The van der Waals surface area contributed by atoms with Crippen LogP contribution < -0.4 is 5.32 Å². The smallest absolute Gasteiger partial charge is 0.00598 e. The predicted octanol–water partition coefficient (Wildman–Crippen LogP) is 1.33. The molecule has 1 unspecified atom stereocenters. The van der Waals surface area contributed by atoms with Gasteiger partial charge in [0, 0.05) is 31.6 Å². The summed E-state index contributed by atoms with van der Waals surface area (Å²) in [5, 5.41) is 3.40. The van der Waals surface area contributed by atoms with Gasteiger partial charge in [0.15, 0.2) is 0 Å².